The van der Waals surface area contributed by atoms with Gasteiger partial charge in [0, 0.05) is 6.54 Å². The number of hydrogen-bond donors (Lipinski definition) is 1. The molecule has 146 valence electrons. The first-order valence-electron chi connectivity index (χ1n) is 8.81. The van der Waals surface area contributed by atoms with Gasteiger partial charge >= 0.3 is 6.09 Å². The molecule has 0 saturated carbocycles. The van der Waals surface area contributed by atoms with Crippen molar-refractivity contribution in [2.45, 2.75) is 26.4 Å². The molecule has 2 aromatic carbocycles. The third-order valence-corrected chi connectivity index (χ3v) is 3.91. The van der Waals surface area contributed by atoms with E-state index in [-0.39, 0.29) is 0 Å². The highest BCUT2D eigenvalue weighted by molar-refractivity contribution is 6.33. The van der Waals surface area contributed by atoms with Crippen molar-refractivity contribution >= 4 is 23.4 Å². The van der Waals surface area contributed by atoms with E-state index in [1.54, 1.807) is 6.07 Å². The molecule has 0 spiro atoms. The van der Waals surface area contributed by atoms with E-state index in [2.05, 4.69) is 10.2 Å². The molecule has 5 nitrogen and oxygen atoms in total. The standard InChI is InChI=1S/C21H27ClN2O3/c1-21(2,3)27-20(25)23-19-14-16(9-10-18(19)22)15-7-6-8-17(13-15)26-12-11-24(4)5/h6-10,13-14H,11-12H2,1-5H3,(H,23,25). The lowest BCUT2D eigenvalue weighted by Gasteiger charge is -2.20. The van der Waals surface area contributed by atoms with Crippen molar-refractivity contribution in [3.8, 4) is 16.9 Å². The number of nitrogens with one attached hydrogen (secondary N) is 1. The van der Waals surface area contributed by atoms with Crippen LogP contribution in [0.3, 0.4) is 0 Å². The minimum atomic E-state index is -0.577. The van der Waals surface area contributed by atoms with E-state index in [1.807, 2.05) is 71.3 Å². The zero-order valence-corrected chi connectivity index (χ0v) is 17.3. The molecule has 1 amide bonds. The molecule has 0 fully saturated rings. The van der Waals surface area contributed by atoms with Crippen LogP contribution >= 0.6 is 11.6 Å². The van der Waals surface area contributed by atoms with Crippen molar-refractivity contribution in [3.05, 3.63) is 47.5 Å². The van der Waals surface area contributed by atoms with Crippen LogP contribution in [0.15, 0.2) is 42.5 Å². The Labute approximate surface area is 166 Å². The lowest BCUT2D eigenvalue weighted by molar-refractivity contribution is 0.0636. The summed E-state index contributed by atoms with van der Waals surface area (Å²) in [5.41, 5.74) is 1.82. The Bertz CT molecular complexity index is 785. The van der Waals surface area contributed by atoms with E-state index in [9.17, 15) is 4.79 Å². The summed E-state index contributed by atoms with van der Waals surface area (Å²) in [6.45, 7) is 6.89. The first kappa shape index (κ1) is 21.1. The summed E-state index contributed by atoms with van der Waals surface area (Å²) in [5.74, 6) is 0.797. The Morgan fingerprint density at radius 2 is 1.81 bits per heavy atom. The lowest BCUT2D eigenvalue weighted by atomic mass is 10.0. The van der Waals surface area contributed by atoms with Crippen LogP contribution < -0.4 is 10.1 Å². The van der Waals surface area contributed by atoms with Gasteiger partial charge in [-0.15, -0.1) is 0 Å². The van der Waals surface area contributed by atoms with Crippen molar-refractivity contribution in [1.29, 1.82) is 0 Å². The van der Waals surface area contributed by atoms with Crippen LogP contribution in [-0.4, -0.2) is 43.8 Å². The zero-order valence-electron chi connectivity index (χ0n) is 16.5. The Kier molecular flexibility index (Phi) is 7.11. The first-order chi connectivity index (χ1) is 12.6. The molecule has 1 N–H and O–H groups in total. The monoisotopic (exact) mass is 390 g/mol. The largest absolute Gasteiger partial charge is 0.492 e. The molecule has 0 aliphatic rings. The van der Waals surface area contributed by atoms with Crippen LogP contribution in [0.5, 0.6) is 5.75 Å². The molecule has 0 radical (unpaired) electrons. The van der Waals surface area contributed by atoms with E-state index in [1.165, 1.54) is 0 Å². The van der Waals surface area contributed by atoms with E-state index in [0.717, 1.165) is 23.4 Å². The highest BCUT2D eigenvalue weighted by Crippen LogP contribution is 2.31. The predicted octanol–water partition coefficient (Wildman–Crippen LogP) is 5.29. The highest BCUT2D eigenvalue weighted by atomic mass is 35.5. The molecule has 0 unspecified atom stereocenters. The van der Waals surface area contributed by atoms with Crippen LogP contribution in [-0.2, 0) is 4.74 Å². The number of halogens is 1. The number of hydrogen-bond acceptors (Lipinski definition) is 4. The van der Waals surface area contributed by atoms with Gasteiger partial charge in [0.05, 0.1) is 10.7 Å². The number of nitrogens with zero attached hydrogens (tertiary/aromatic N) is 1. The summed E-state index contributed by atoms with van der Waals surface area (Å²) in [7, 11) is 4.01. The highest BCUT2D eigenvalue weighted by Gasteiger charge is 2.17. The number of anilines is 1. The molecule has 6 heteroatoms. The smallest absolute Gasteiger partial charge is 0.412 e. The summed E-state index contributed by atoms with van der Waals surface area (Å²) < 4.78 is 11.1. The Morgan fingerprint density at radius 1 is 1.11 bits per heavy atom. The van der Waals surface area contributed by atoms with Crippen molar-refractivity contribution in [1.82, 2.24) is 4.90 Å². The van der Waals surface area contributed by atoms with Crippen molar-refractivity contribution in [2.75, 3.05) is 32.6 Å². The van der Waals surface area contributed by atoms with Crippen molar-refractivity contribution in [2.24, 2.45) is 0 Å². The maximum absolute atomic E-state index is 12.0. The van der Waals surface area contributed by atoms with Crippen LogP contribution in [0, 0.1) is 0 Å². The van der Waals surface area contributed by atoms with Gasteiger partial charge in [0.2, 0.25) is 0 Å². The average molecular weight is 391 g/mol. The third-order valence-electron chi connectivity index (χ3n) is 3.58. The van der Waals surface area contributed by atoms with Gasteiger partial charge in [0.1, 0.15) is 18.0 Å². The van der Waals surface area contributed by atoms with Gasteiger partial charge in [0.15, 0.2) is 0 Å². The maximum atomic E-state index is 12.0. The Hall–Kier alpha value is -2.24. The van der Waals surface area contributed by atoms with Gasteiger partial charge in [0.25, 0.3) is 0 Å². The number of carbonyl (C=O) groups is 1. The fourth-order valence-electron chi connectivity index (χ4n) is 2.33. The molecular weight excluding hydrogens is 364 g/mol. The zero-order chi connectivity index (χ0) is 20.0. The Balaban J connectivity index is 2.16. The number of rotatable bonds is 6. The quantitative estimate of drug-likeness (QED) is 0.727. The number of ether oxygens (including phenoxy) is 2. The predicted molar refractivity (Wildman–Crippen MR) is 111 cm³/mol. The summed E-state index contributed by atoms with van der Waals surface area (Å²) in [6.07, 6.45) is -0.540. The van der Waals surface area contributed by atoms with Gasteiger partial charge in [-0.1, -0.05) is 29.8 Å². The van der Waals surface area contributed by atoms with E-state index in [0.29, 0.717) is 17.3 Å². The summed E-state index contributed by atoms with van der Waals surface area (Å²) >= 11 is 6.23. The second-order valence-corrected chi connectivity index (χ2v) is 7.91. The van der Waals surface area contributed by atoms with Gasteiger partial charge in [-0.05, 0) is 70.3 Å². The molecule has 2 aromatic rings. The van der Waals surface area contributed by atoms with E-state index in [4.69, 9.17) is 21.1 Å². The van der Waals surface area contributed by atoms with E-state index < -0.39 is 11.7 Å². The lowest BCUT2D eigenvalue weighted by Crippen LogP contribution is -2.27. The first-order valence-corrected chi connectivity index (χ1v) is 9.19. The van der Waals surface area contributed by atoms with Crippen LogP contribution in [0.25, 0.3) is 11.1 Å². The normalized spacial score (nSPS) is 11.4. The Morgan fingerprint density at radius 3 is 2.48 bits per heavy atom. The van der Waals surface area contributed by atoms with Gasteiger partial charge in [-0.25, -0.2) is 4.79 Å². The molecule has 0 saturated heterocycles. The van der Waals surface area contributed by atoms with Crippen LogP contribution in [0.2, 0.25) is 5.02 Å². The average Bonchev–Trinajstić information content (AvgIpc) is 2.55. The molecule has 2 rings (SSSR count). The number of benzene rings is 2. The molecule has 0 aliphatic carbocycles. The molecule has 0 bridgehead atoms. The van der Waals surface area contributed by atoms with Gasteiger partial charge < -0.3 is 14.4 Å². The van der Waals surface area contributed by atoms with E-state index >= 15 is 0 Å². The topological polar surface area (TPSA) is 50.8 Å². The molecule has 27 heavy (non-hydrogen) atoms. The van der Waals surface area contributed by atoms with Crippen LogP contribution in [0.4, 0.5) is 10.5 Å². The number of likely N-dealkylation sites (N-methyl/N-ethyl adjacent to an activating group) is 1. The minimum absolute atomic E-state index is 0.447. The number of carbonyl (C=O) groups excluding carboxylic acids is 1. The fourth-order valence-corrected chi connectivity index (χ4v) is 2.49. The fraction of sp³-hybridized carbons (Fsp3) is 0.381. The van der Waals surface area contributed by atoms with Gasteiger partial charge in [-0.3, -0.25) is 5.32 Å². The van der Waals surface area contributed by atoms with Gasteiger partial charge in [-0.2, -0.15) is 0 Å². The maximum Gasteiger partial charge on any atom is 0.412 e. The second kappa shape index (κ2) is 9.11. The molecule has 0 aliphatic heterocycles. The summed E-state index contributed by atoms with van der Waals surface area (Å²) in [6, 6.07) is 13.3. The second-order valence-electron chi connectivity index (χ2n) is 7.50. The van der Waals surface area contributed by atoms with Crippen LogP contribution in [0.1, 0.15) is 20.8 Å². The molecule has 0 atom stereocenters. The molecular formula is C21H27ClN2O3. The SMILES string of the molecule is CN(C)CCOc1cccc(-c2ccc(Cl)c(NC(=O)OC(C)(C)C)c2)c1. The molecule has 0 aromatic heterocycles. The summed E-state index contributed by atoms with van der Waals surface area (Å²) in [5, 5.41) is 3.16. The van der Waals surface area contributed by atoms with Crippen molar-refractivity contribution in [3.63, 3.8) is 0 Å². The minimum Gasteiger partial charge on any atom is -0.492 e. The van der Waals surface area contributed by atoms with Crippen molar-refractivity contribution < 1.29 is 14.3 Å². The third kappa shape index (κ3) is 7.12. The molecule has 0 heterocycles. The number of amides is 1. The summed E-state index contributed by atoms with van der Waals surface area (Å²) in [4.78, 5) is 14.1.